The van der Waals surface area contributed by atoms with Crippen LogP contribution in [0.15, 0.2) is 54.7 Å². The quantitative estimate of drug-likeness (QED) is 0.643. The lowest BCUT2D eigenvalue weighted by molar-refractivity contribution is 0.122. The van der Waals surface area contributed by atoms with E-state index >= 15 is 0 Å². The van der Waals surface area contributed by atoms with E-state index in [1.807, 2.05) is 54.6 Å². The van der Waals surface area contributed by atoms with E-state index < -0.39 is 0 Å². The van der Waals surface area contributed by atoms with Gasteiger partial charge in [-0.25, -0.2) is 4.98 Å². The number of thiazole rings is 1. The maximum atomic E-state index is 9.66. The Bertz CT molecular complexity index is 970. The van der Waals surface area contributed by atoms with Crippen LogP contribution in [0, 0.1) is 11.3 Å². The van der Waals surface area contributed by atoms with Gasteiger partial charge in [0.15, 0.2) is 5.13 Å². The van der Waals surface area contributed by atoms with E-state index in [1.54, 1.807) is 17.5 Å². The highest BCUT2D eigenvalue weighted by Crippen LogP contribution is 2.35. The van der Waals surface area contributed by atoms with Crippen molar-refractivity contribution in [2.45, 2.75) is 0 Å². The first-order chi connectivity index (χ1) is 13.3. The van der Waals surface area contributed by atoms with E-state index in [9.17, 15) is 5.26 Å². The van der Waals surface area contributed by atoms with Gasteiger partial charge in [-0.2, -0.15) is 5.26 Å². The zero-order chi connectivity index (χ0) is 18.5. The summed E-state index contributed by atoms with van der Waals surface area (Å²) in [5.41, 5.74) is 3.13. The molecule has 27 heavy (non-hydrogen) atoms. The number of benzene rings is 1. The van der Waals surface area contributed by atoms with Crippen molar-refractivity contribution in [2.24, 2.45) is 0 Å². The number of pyridine rings is 1. The minimum Gasteiger partial charge on any atom is -0.378 e. The number of allylic oxidation sites excluding steroid dienone is 1. The third-order valence-electron chi connectivity index (χ3n) is 4.31. The van der Waals surface area contributed by atoms with Gasteiger partial charge in [-0.15, -0.1) is 0 Å². The SMILES string of the molecule is N#C/C(=C/c1sc(N2CCOCC2)nc1-c1ccccc1)c1ccccn1. The number of nitriles is 1. The molecule has 1 aliphatic heterocycles. The summed E-state index contributed by atoms with van der Waals surface area (Å²) in [5.74, 6) is 0. The summed E-state index contributed by atoms with van der Waals surface area (Å²) < 4.78 is 5.45. The number of hydrogen-bond acceptors (Lipinski definition) is 6. The molecule has 1 saturated heterocycles. The Balaban J connectivity index is 1.79. The van der Waals surface area contributed by atoms with Crippen LogP contribution in [0.5, 0.6) is 0 Å². The predicted molar refractivity (Wildman–Crippen MR) is 108 cm³/mol. The van der Waals surface area contributed by atoms with Crippen LogP contribution in [0.2, 0.25) is 0 Å². The third kappa shape index (κ3) is 3.90. The number of anilines is 1. The summed E-state index contributed by atoms with van der Waals surface area (Å²) in [6.45, 7) is 3.08. The molecule has 5 nitrogen and oxygen atoms in total. The number of morpholine rings is 1. The zero-order valence-corrected chi connectivity index (χ0v) is 15.5. The van der Waals surface area contributed by atoms with Gasteiger partial charge in [-0.1, -0.05) is 47.7 Å². The molecule has 4 rings (SSSR count). The molecule has 134 valence electrons. The molecule has 6 heteroatoms. The van der Waals surface area contributed by atoms with E-state index in [0.29, 0.717) is 24.5 Å². The maximum Gasteiger partial charge on any atom is 0.186 e. The van der Waals surface area contributed by atoms with Gasteiger partial charge in [-0.05, 0) is 18.2 Å². The Labute approximate surface area is 162 Å². The molecule has 0 atom stereocenters. The first kappa shape index (κ1) is 17.4. The normalized spacial score (nSPS) is 14.8. The standard InChI is InChI=1S/C21H18N4OS/c22-15-17(18-8-4-5-9-23-18)14-19-20(16-6-2-1-3-7-16)24-21(27-19)25-10-12-26-13-11-25/h1-9,14H,10-13H2/b17-14-. The van der Waals surface area contributed by atoms with Crippen LogP contribution in [-0.2, 0) is 4.74 Å². The lowest BCUT2D eigenvalue weighted by atomic mass is 10.1. The lowest BCUT2D eigenvalue weighted by Gasteiger charge is -2.26. The molecule has 1 aliphatic rings. The molecule has 2 aromatic heterocycles. The van der Waals surface area contributed by atoms with Crippen LogP contribution in [0.1, 0.15) is 10.6 Å². The molecule has 0 aliphatic carbocycles. The van der Waals surface area contributed by atoms with Crippen LogP contribution in [0.4, 0.5) is 5.13 Å². The molecule has 0 saturated carbocycles. The van der Waals surface area contributed by atoms with E-state index in [1.165, 1.54) is 0 Å². The van der Waals surface area contributed by atoms with Crippen molar-refractivity contribution in [3.05, 3.63) is 65.3 Å². The topological polar surface area (TPSA) is 62.0 Å². The van der Waals surface area contributed by atoms with E-state index in [4.69, 9.17) is 9.72 Å². The fraction of sp³-hybridized carbons (Fsp3) is 0.190. The van der Waals surface area contributed by atoms with Crippen molar-refractivity contribution in [1.29, 1.82) is 5.26 Å². The minimum atomic E-state index is 0.532. The summed E-state index contributed by atoms with van der Waals surface area (Å²) in [4.78, 5) is 12.4. The average molecular weight is 374 g/mol. The predicted octanol–water partition coefficient (Wildman–Crippen LogP) is 4.11. The maximum absolute atomic E-state index is 9.66. The number of rotatable bonds is 4. The molecule has 1 aromatic carbocycles. The van der Waals surface area contributed by atoms with E-state index in [2.05, 4.69) is 16.0 Å². The van der Waals surface area contributed by atoms with Crippen molar-refractivity contribution in [2.75, 3.05) is 31.2 Å². The Morgan fingerprint density at radius 2 is 1.89 bits per heavy atom. The van der Waals surface area contributed by atoms with Gasteiger partial charge in [0.2, 0.25) is 0 Å². The molecule has 3 aromatic rings. The van der Waals surface area contributed by atoms with Crippen molar-refractivity contribution in [1.82, 2.24) is 9.97 Å². The number of hydrogen-bond donors (Lipinski definition) is 0. The van der Waals surface area contributed by atoms with E-state index in [0.717, 1.165) is 34.4 Å². The van der Waals surface area contributed by atoms with Gasteiger partial charge in [0.05, 0.1) is 35.1 Å². The summed E-state index contributed by atoms with van der Waals surface area (Å²) in [7, 11) is 0. The first-order valence-electron chi connectivity index (χ1n) is 8.77. The molecule has 0 unspecified atom stereocenters. The van der Waals surface area contributed by atoms with Crippen molar-refractivity contribution < 1.29 is 4.74 Å². The molecule has 0 amide bonds. The van der Waals surface area contributed by atoms with Crippen LogP contribution >= 0.6 is 11.3 Å². The van der Waals surface area contributed by atoms with E-state index in [-0.39, 0.29) is 0 Å². The summed E-state index contributed by atoms with van der Waals surface area (Å²) >= 11 is 1.60. The monoisotopic (exact) mass is 374 g/mol. The highest BCUT2D eigenvalue weighted by molar-refractivity contribution is 7.17. The number of ether oxygens (including phenoxy) is 1. The van der Waals surface area contributed by atoms with Crippen molar-refractivity contribution in [3.63, 3.8) is 0 Å². The molecule has 3 heterocycles. The Kier molecular flexibility index (Phi) is 5.24. The molecule has 0 bridgehead atoms. The van der Waals surface area contributed by atoms with Crippen molar-refractivity contribution >= 4 is 28.1 Å². The van der Waals surface area contributed by atoms with Gasteiger partial charge < -0.3 is 9.64 Å². The van der Waals surface area contributed by atoms with Crippen LogP contribution in [-0.4, -0.2) is 36.3 Å². The smallest absolute Gasteiger partial charge is 0.186 e. The average Bonchev–Trinajstić information content (AvgIpc) is 3.18. The van der Waals surface area contributed by atoms with Gasteiger partial charge >= 0.3 is 0 Å². The molecular formula is C21H18N4OS. The zero-order valence-electron chi connectivity index (χ0n) is 14.7. The summed E-state index contributed by atoms with van der Waals surface area (Å²) in [6.07, 6.45) is 3.59. The molecule has 0 spiro atoms. The second-order valence-corrected chi connectivity index (χ2v) is 7.07. The van der Waals surface area contributed by atoms with Gasteiger partial charge in [0.1, 0.15) is 6.07 Å². The van der Waals surface area contributed by atoms with Gasteiger partial charge in [-0.3, -0.25) is 4.98 Å². The first-order valence-corrected chi connectivity index (χ1v) is 9.59. The van der Waals surface area contributed by atoms with Crippen LogP contribution < -0.4 is 4.90 Å². The second kappa shape index (κ2) is 8.12. The fourth-order valence-corrected chi connectivity index (χ4v) is 4.01. The molecule has 1 fully saturated rings. The minimum absolute atomic E-state index is 0.532. The number of aromatic nitrogens is 2. The summed E-state index contributed by atoms with van der Waals surface area (Å²) in [5, 5.41) is 10.6. The highest BCUT2D eigenvalue weighted by Gasteiger charge is 2.19. The van der Waals surface area contributed by atoms with Crippen molar-refractivity contribution in [3.8, 4) is 17.3 Å². The highest BCUT2D eigenvalue weighted by atomic mass is 32.1. The Hall–Kier alpha value is -3.01. The lowest BCUT2D eigenvalue weighted by Crippen LogP contribution is -2.36. The third-order valence-corrected chi connectivity index (χ3v) is 5.37. The van der Waals surface area contributed by atoms with Crippen LogP contribution in [0.25, 0.3) is 22.9 Å². The second-order valence-electron chi connectivity index (χ2n) is 6.06. The molecule has 0 radical (unpaired) electrons. The van der Waals surface area contributed by atoms with Gasteiger partial charge in [0, 0.05) is 24.8 Å². The fourth-order valence-electron chi connectivity index (χ4n) is 2.93. The molecular weight excluding hydrogens is 356 g/mol. The van der Waals surface area contributed by atoms with Crippen LogP contribution in [0.3, 0.4) is 0 Å². The Morgan fingerprint density at radius 1 is 1.11 bits per heavy atom. The largest absolute Gasteiger partial charge is 0.378 e. The Morgan fingerprint density at radius 3 is 2.59 bits per heavy atom. The summed E-state index contributed by atoms with van der Waals surface area (Å²) in [6, 6.07) is 17.9. The number of nitrogens with zero attached hydrogens (tertiary/aromatic N) is 4. The van der Waals surface area contributed by atoms with Gasteiger partial charge in [0.25, 0.3) is 0 Å². The molecule has 0 N–H and O–H groups in total.